The Labute approximate surface area is 172 Å². The number of aryl methyl sites for hydroxylation is 3. The van der Waals surface area contributed by atoms with E-state index in [0.29, 0.717) is 16.9 Å². The van der Waals surface area contributed by atoms with Gasteiger partial charge in [-0.3, -0.25) is 9.48 Å². The fraction of sp³-hybridized carbons (Fsp3) is 0.130. The highest BCUT2D eigenvalue weighted by atomic mass is 16.1. The summed E-state index contributed by atoms with van der Waals surface area (Å²) in [6.45, 7) is 3.76. The number of anilines is 1. The lowest BCUT2D eigenvalue weighted by Crippen LogP contribution is -2.13. The predicted molar refractivity (Wildman–Crippen MR) is 117 cm³/mol. The summed E-state index contributed by atoms with van der Waals surface area (Å²) in [6, 6.07) is 17.4. The Morgan fingerprint density at radius 1 is 1.03 bits per heavy atom. The topological polar surface area (TPSA) is 88.5 Å². The summed E-state index contributed by atoms with van der Waals surface area (Å²) >= 11 is 0. The van der Waals surface area contributed by atoms with Crippen LogP contribution in [-0.4, -0.2) is 30.6 Å². The van der Waals surface area contributed by atoms with Crippen molar-refractivity contribution in [3.05, 3.63) is 71.5 Å². The van der Waals surface area contributed by atoms with E-state index in [9.17, 15) is 4.79 Å². The van der Waals surface area contributed by atoms with Gasteiger partial charge in [-0.05, 0) is 56.3 Å². The molecule has 0 aliphatic heterocycles. The quantitative estimate of drug-likeness (QED) is 0.474. The standard InChI is InChI=1S/C23H20N6O/c1-13-12-17(20-14(2)28-29(3)22(20)24-13)23(30)25-16-10-8-15(9-11-16)21-26-18-6-4-5-7-19(18)27-21/h4-12H,1-3H3,(H,25,30)(H,26,27). The first-order chi connectivity index (χ1) is 14.5. The number of pyridine rings is 1. The average Bonchev–Trinajstić information content (AvgIpc) is 3.29. The number of H-pyrrole nitrogens is 1. The second-order valence-corrected chi connectivity index (χ2v) is 7.35. The highest BCUT2D eigenvalue weighted by Gasteiger charge is 2.18. The van der Waals surface area contributed by atoms with Crippen molar-refractivity contribution in [3.63, 3.8) is 0 Å². The maximum Gasteiger partial charge on any atom is 0.256 e. The first-order valence-corrected chi connectivity index (χ1v) is 9.67. The van der Waals surface area contributed by atoms with Gasteiger partial charge in [0.05, 0.1) is 27.7 Å². The minimum atomic E-state index is -0.182. The second kappa shape index (κ2) is 6.81. The van der Waals surface area contributed by atoms with Gasteiger partial charge in [0.2, 0.25) is 0 Å². The number of imidazole rings is 1. The molecule has 0 aliphatic rings. The van der Waals surface area contributed by atoms with Crippen molar-refractivity contribution in [2.24, 2.45) is 7.05 Å². The van der Waals surface area contributed by atoms with Gasteiger partial charge in [0.15, 0.2) is 5.65 Å². The molecule has 0 saturated heterocycles. The maximum absolute atomic E-state index is 13.0. The Hall–Kier alpha value is -4.00. The molecular formula is C23H20N6O. The van der Waals surface area contributed by atoms with E-state index in [1.165, 1.54) is 0 Å². The van der Waals surface area contributed by atoms with Crippen molar-refractivity contribution >= 4 is 33.7 Å². The molecule has 0 fully saturated rings. The van der Waals surface area contributed by atoms with Crippen LogP contribution < -0.4 is 5.32 Å². The van der Waals surface area contributed by atoms with E-state index in [1.54, 1.807) is 10.7 Å². The van der Waals surface area contributed by atoms with E-state index < -0.39 is 0 Å². The molecule has 2 N–H and O–H groups in total. The lowest BCUT2D eigenvalue weighted by Gasteiger charge is -2.08. The molecule has 1 amide bonds. The molecule has 148 valence electrons. The summed E-state index contributed by atoms with van der Waals surface area (Å²) in [6.07, 6.45) is 0. The third kappa shape index (κ3) is 3.00. The van der Waals surface area contributed by atoms with Gasteiger partial charge in [0, 0.05) is 24.0 Å². The Kier molecular flexibility index (Phi) is 4.10. The molecule has 3 aromatic heterocycles. The van der Waals surface area contributed by atoms with Crippen LogP contribution in [-0.2, 0) is 7.05 Å². The molecule has 2 aromatic carbocycles. The van der Waals surface area contributed by atoms with Crippen molar-refractivity contribution in [1.82, 2.24) is 24.7 Å². The molecular weight excluding hydrogens is 376 g/mol. The Bertz CT molecular complexity index is 1380. The van der Waals surface area contributed by atoms with Gasteiger partial charge in [-0.25, -0.2) is 9.97 Å². The molecule has 7 heteroatoms. The smallest absolute Gasteiger partial charge is 0.256 e. The summed E-state index contributed by atoms with van der Waals surface area (Å²) < 4.78 is 1.70. The molecule has 0 radical (unpaired) electrons. The number of hydrogen-bond acceptors (Lipinski definition) is 4. The van der Waals surface area contributed by atoms with E-state index in [4.69, 9.17) is 0 Å². The Morgan fingerprint density at radius 3 is 2.57 bits per heavy atom. The summed E-state index contributed by atoms with van der Waals surface area (Å²) in [5, 5.41) is 8.17. The summed E-state index contributed by atoms with van der Waals surface area (Å²) in [5.41, 5.74) is 6.42. The van der Waals surface area contributed by atoms with Crippen LogP contribution in [0.4, 0.5) is 5.69 Å². The van der Waals surface area contributed by atoms with Crippen LogP contribution in [0, 0.1) is 13.8 Å². The highest BCUT2D eigenvalue weighted by Crippen LogP contribution is 2.25. The van der Waals surface area contributed by atoms with Crippen molar-refractivity contribution < 1.29 is 4.79 Å². The number of para-hydroxylation sites is 2. The van der Waals surface area contributed by atoms with Crippen molar-refractivity contribution in [2.75, 3.05) is 5.32 Å². The lowest BCUT2D eigenvalue weighted by atomic mass is 10.1. The highest BCUT2D eigenvalue weighted by molar-refractivity contribution is 6.12. The first-order valence-electron chi connectivity index (χ1n) is 9.67. The minimum Gasteiger partial charge on any atom is -0.338 e. The Balaban J connectivity index is 1.44. The number of benzene rings is 2. The van der Waals surface area contributed by atoms with Gasteiger partial charge in [-0.2, -0.15) is 5.10 Å². The number of aromatic nitrogens is 5. The van der Waals surface area contributed by atoms with Crippen LogP contribution in [0.2, 0.25) is 0 Å². The van der Waals surface area contributed by atoms with E-state index in [-0.39, 0.29) is 5.91 Å². The SMILES string of the molecule is Cc1cc(C(=O)Nc2ccc(-c3nc4ccccc4[nH]3)cc2)c2c(C)nn(C)c2n1. The molecule has 0 aliphatic carbocycles. The zero-order valence-electron chi connectivity index (χ0n) is 16.9. The molecule has 0 saturated carbocycles. The van der Waals surface area contributed by atoms with Crippen LogP contribution in [0.25, 0.3) is 33.5 Å². The fourth-order valence-corrected chi connectivity index (χ4v) is 3.75. The average molecular weight is 396 g/mol. The zero-order valence-corrected chi connectivity index (χ0v) is 16.9. The summed E-state index contributed by atoms with van der Waals surface area (Å²) in [5.74, 6) is 0.615. The molecule has 0 bridgehead atoms. The van der Waals surface area contributed by atoms with E-state index in [0.717, 1.165) is 39.2 Å². The van der Waals surface area contributed by atoms with Gasteiger partial charge in [-0.15, -0.1) is 0 Å². The van der Waals surface area contributed by atoms with Crippen LogP contribution in [0.3, 0.4) is 0 Å². The number of rotatable bonds is 3. The van der Waals surface area contributed by atoms with Crippen molar-refractivity contribution in [3.8, 4) is 11.4 Å². The van der Waals surface area contributed by atoms with Gasteiger partial charge in [0.25, 0.3) is 5.91 Å². The molecule has 0 atom stereocenters. The fourth-order valence-electron chi connectivity index (χ4n) is 3.75. The van der Waals surface area contributed by atoms with Gasteiger partial charge < -0.3 is 10.3 Å². The van der Waals surface area contributed by atoms with E-state index in [1.807, 2.05) is 69.4 Å². The molecule has 30 heavy (non-hydrogen) atoms. The Morgan fingerprint density at radius 2 is 1.80 bits per heavy atom. The van der Waals surface area contributed by atoms with Crippen LogP contribution in [0.15, 0.2) is 54.6 Å². The van der Waals surface area contributed by atoms with Gasteiger partial charge in [0.1, 0.15) is 5.82 Å². The number of fused-ring (bicyclic) bond motifs is 2. The number of hydrogen-bond donors (Lipinski definition) is 2. The normalized spacial score (nSPS) is 11.3. The molecule has 7 nitrogen and oxygen atoms in total. The predicted octanol–water partition coefficient (Wildman–Crippen LogP) is 4.38. The van der Waals surface area contributed by atoms with Crippen LogP contribution in [0.1, 0.15) is 21.7 Å². The number of nitrogens with one attached hydrogen (secondary N) is 2. The monoisotopic (exact) mass is 396 g/mol. The first kappa shape index (κ1) is 18.1. The molecule has 0 unspecified atom stereocenters. The number of nitrogens with zero attached hydrogens (tertiary/aromatic N) is 4. The number of carbonyl (C=O) groups excluding carboxylic acids is 1. The lowest BCUT2D eigenvalue weighted by molar-refractivity contribution is 0.102. The number of aromatic amines is 1. The maximum atomic E-state index is 13.0. The van der Waals surface area contributed by atoms with Gasteiger partial charge >= 0.3 is 0 Å². The third-order valence-corrected chi connectivity index (χ3v) is 5.15. The van der Waals surface area contributed by atoms with E-state index >= 15 is 0 Å². The minimum absolute atomic E-state index is 0.182. The molecule has 0 spiro atoms. The number of carbonyl (C=O) groups is 1. The van der Waals surface area contributed by atoms with E-state index in [2.05, 4.69) is 25.4 Å². The van der Waals surface area contributed by atoms with Crippen molar-refractivity contribution in [1.29, 1.82) is 0 Å². The van der Waals surface area contributed by atoms with Crippen LogP contribution in [0.5, 0.6) is 0 Å². The summed E-state index contributed by atoms with van der Waals surface area (Å²) in [7, 11) is 1.83. The molecule has 5 aromatic rings. The zero-order chi connectivity index (χ0) is 20.8. The largest absolute Gasteiger partial charge is 0.338 e. The summed E-state index contributed by atoms with van der Waals surface area (Å²) in [4.78, 5) is 25.5. The van der Waals surface area contributed by atoms with Gasteiger partial charge in [-0.1, -0.05) is 12.1 Å². The van der Waals surface area contributed by atoms with Crippen LogP contribution >= 0.6 is 0 Å². The molecule has 5 rings (SSSR count). The number of amides is 1. The molecule has 3 heterocycles. The third-order valence-electron chi connectivity index (χ3n) is 5.15. The van der Waals surface area contributed by atoms with Crippen molar-refractivity contribution in [2.45, 2.75) is 13.8 Å². The second-order valence-electron chi connectivity index (χ2n) is 7.35.